The maximum absolute atomic E-state index is 13.3. The molecule has 0 aliphatic heterocycles. The number of carbonyl (C=O) groups excluding carboxylic acids is 2. The Hall–Kier alpha value is -1.50. The van der Waals surface area contributed by atoms with Crippen LogP contribution in [-0.2, 0) is 14.3 Å². The van der Waals surface area contributed by atoms with Crippen molar-refractivity contribution < 1.29 is 27.8 Å². The van der Waals surface area contributed by atoms with E-state index >= 15 is 0 Å². The van der Waals surface area contributed by atoms with E-state index in [1.807, 2.05) is 0 Å². The number of alkyl halides is 2. The normalized spacial score (nSPS) is 11.1. The minimum atomic E-state index is -3.45. The lowest BCUT2D eigenvalue weighted by Crippen LogP contribution is -2.30. The highest BCUT2D eigenvalue weighted by Gasteiger charge is 2.39. The number of hydrogen-bond acceptors (Lipinski definition) is 4. The van der Waals surface area contributed by atoms with E-state index in [0.29, 0.717) is 18.4 Å². The van der Waals surface area contributed by atoms with Crippen LogP contribution in [0.5, 0.6) is 0 Å². The summed E-state index contributed by atoms with van der Waals surface area (Å²) in [4.78, 5) is 22.7. The zero-order valence-electron chi connectivity index (χ0n) is 12.8. The molecule has 0 aromatic heterocycles. The Bertz CT molecular complexity index is 517. The van der Waals surface area contributed by atoms with Crippen molar-refractivity contribution in [3.8, 4) is 0 Å². The third kappa shape index (κ3) is 7.07. The van der Waals surface area contributed by atoms with Crippen LogP contribution >= 0.6 is 15.9 Å². The average molecular weight is 393 g/mol. The molecule has 0 saturated carbocycles. The van der Waals surface area contributed by atoms with Gasteiger partial charge >= 0.3 is 17.9 Å². The number of rotatable bonds is 9. The van der Waals surface area contributed by atoms with Gasteiger partial charge in [-0.1, -0.05) is 15.9 Å². The molecule has 1 aromatic carbocycles. The summed E-state index contributed by atoms with van der Waals surface area (Å²) < 4.78 is 36.9. The van der Waals surface area contributed by atoms with E-state index in [2.05, 4.69) is 20.7 Å². The maximum Gasteiger partial charge on any atom is 0.376 e. The van der Waals surface area contributed by atoms with Crippen LogP contribution in [-0.4, -0.2) is 31.1 Å². The van der Waals surface area contributed by atoms with Gasteiger partial charge in [0.05, 0.1) is 18.8 Å². The van der Waals surface area contributed by atoms with Gasteiger partial charge in [-0.05, 0) is 50.5 Å². The van der Waals surface area contributed by atoms with Gasteiger partial charge in [0.1, 0.15) is 0 Å². The molecule has 0 bridgehead atoms. The van der Waals surface area contributed by atoms with Crippen molar-refractivity contribution in [2.24, 2.45) is 0 Å². The molecule has 0 aliphatic rings. The first-order chi connectivity index (χ1) is 10.9. The van der Waals surface area contributed by atoms with Gasteiger partial charge in [0.15, 0.2) is 0 Å². The molecular weight excluding hydrogens is 374 g/mol. The molecule has 128 valence electrons. The maximum atomic E-state index is 13.3. The molecule has 0 spiro atoms. The molecule has 0 N–H and O–H groups in total. The quantitative estimate of drug-likeness (QED) is 0.462. The van der Waals surface area contributed by atoms with Crippen LogP contribution in [0.25, 0.3) is 0 Å². The summed E-state index contributed by atoms with van der Waals surface area (Å²) in [7, 11) is 0. The second-order valence-electron chi connectivity index (χ2n) is 4.88. The van der Waals surface area contributed by atoms with Crippen LogP contribution in [0.4, 0.5) is 8.78 Å². The van der Waals surface area contributed by atoms with Crippen LogP contribution in [0.2, 0.25) is 0 Å². The number of ether oxygens (including phenoxy) is 2. The fourth-order valence-corrected chi connectivity index (χ4v) is 2.06. The van der Waals surface area contributed by atoms with Crippen molar-refractivity contribution in [1.29, 1.82) is 0 Å². The Labute approximate surface area is 142 Å². The zero-order valence-corrected chi connectivity index (χ0v) is 14.4. The van der Waals surface area contributed by atoms with Crippen molar-refractivity contribution in [1.82, 2.24) is 0 Å². The molecule has 0 atom stereocenters. The summed E-state index contributed by atoms with van der Waals surface area (Å²) >= 11 is 3.27. The summed E-state index contributed by atoms with van der Waals surface area (Å²) in [5, 5.41) is 0. The molecule has 0 amide bonds. The lowest BCUT2D eigenvalue weighted by atomic mass is 10.1. The first-order valence-corrected chi connectivity index (χ1v) is 8.14. The van der Waals surface area contributed by atoms with E-state index in [9.17, 15) is 18.4 Å². The average Bonchev–Trinajstić information content (AvgIpc) is 2.51. The molecule has 0 unspecified atom stereocenters. The summed E-state index contributed by atoms with van der Waals surface area (Å²) in [6.45, 7) is 1.56. The minimum Gasteiger partial charge on any atom is -0.462 e. The van der Waals surface area contributed by atoms with Gasteiger partial charge in [-0.15, -0.1) is 0 Å². The third-order valence-corrected chi connectivity index (χ3v) is 3.55. The van der Waals surface area contributed by atoms with Crippen LogP contribution in [0.3, 0.4) is 0 Å². The Morgan fingerprint density at radius 1 is 1.09 bits per heavy atom. The molecule has 4 nitrogen and oxygen atoms in total. The van der Waals surface area contributed by atoms with Gasteiger partial charge in [-0.2, -0.15) is 8.78 Å². The van der Waals surface area contributed by atoms with E-state index in [1.165, 1.54) is 6.92 Å². The molecule has 23 heavy (non-hydrogen) atoms. The van der Waals surface area contributed by atoms with Gasteiger partial charge in [0, 0.05) is 10.9 Å². The van der Waals surface area contributed by atoms with E-state index in [1.54, 1.807) is 24.3 Å². The third-order valence-electron chi connectivity index (χ3n) is 3.02. The van der Waals surface area contributed by atoms with E-state index < -0.39 is 24.3 Å². The highest BCUT2D eigenvalue weighted by atomic mass is 79.9. The van der Waals surface area contributed by atoms with Crippen LogP contribution in [0.15, 0.2) is 28.7 Å². The van der Waals surface area contributed by atoms with Gasteiger partial charge < -0.3 is 9.47 Å². The number of unbranched alkanes of at least 4 members (excludes halogenated alkanes) is 2. The summed E-state index contributed by atoms with van der Waals surface area (Å²) in [6, 6.07) is 6.72. The minimum absolute atomic E-state index is 0.0690. The lowest BCUT2D eigenvalue weighted by molar-refractivity contribution is -0.172. The largest absolute Gasteiger partial charge is 0.462 e. The zero-order chi connectivity index (χ0) is 17.3. The van der Waals surface area contributed by atoms with E-state index in [4.69, 9.17) is 4.74 Å². The first kappa shape index (κ1) is 19.5. The first-order valence-electron chi connectivity index (χ1n) is 7.34. The summed E-state index contributed by atoms with van der Waals surface area (Å²) in [5.41, 5.74) is 0.432. The van der Waals surface area contributed by atoms with Gasteiger partial charge in [0.25, 0.3) is 0 Å². The van der Waals surface area contributed by atoms with Crippen molar-refractivity contribution in [2.45, 2.75) is 38.5 Å². The van der Waals surface area contributed by atoms with Gasteiger partial charge in [-0.25, -0.2) is 9.59 Å². The predicted octanol–water partition coefficient (Wildman–Crippen LogP) is 4.36. The Morgan fingerprint density at radius 3 is 2.35 bits per heavy atom. The Kier molecular flexibility index (Phi) is 8.16. The second-order valence-corrected chi connectivity index (χ2v) is 5.79. The monoisotopic (exact) mass is 392 g/mol. The topological polar surface area (TPSA) is 52.6 Å². The standard InChI is InChI=1S/C16H19BrF2O4/c1-2-22-15(21)16(18,19)10-4-3-5-11-23-14(20)12-6-8-13(17)9-7-12/h6-9H,2-5,10-11H2,1H3. The number of carbonyl (C=O) groups is 2. The number of esters is 2. The van der Waals surface area contributed by atoms with E-state index in [0.717, 1.165) is 4.47 Å². The smallest absolute Gasteiger partial charge is 0.376 e. The van der Waals surface area contributed by atoms with E-state index in [-0.39, 0.29) is 19.6 Å². The molecule has 1 aromatic rings. The molecule has 0 radical (unpaired) electrons. The summed E-state index contributed by atoms with van der Waals surface area (Å²) in [6.07, 6.45) is 0.484. The molecule has 0 fully saturated rings. The fourth-order valence-electron chi connectivity index (χ4n) is 1.80. The summed E-state index contributed by atoms with van der Waals surface area (Å²) in [5.74, 6) is -5.39. The molecule has 0 saturated heterocycles. The van der Waals surface area contributed by atoms with Gasteiger partial charge in [-0.3, -0.25) is 0 Å². The Balaban J connectivity index is 2.19. The van der Waals surface area contributed by atoms with Crippen molar-refractivity contribution in [3.05, 3.63) is 34.3 Å². The van der Waals surface area contributed by atoms with Gasteiger partial charge in [0.2, 0.25) is 0 Å². The number of benzene rings is 1. The molecular formula is C16H19BrF2O4. The molecule has 0 aliphatic carbocycles. The molecule has 7 heteroatoms. The van der Waals surface area contributed by atoms with Crippen molar-refractivity contribution in [3.63, 3.8) is 0 Å². The van der Waals surface area contributed by atoms with Crippen LogP contribution in [0, 0.1) is 0 Å². The highest BCUT2D eigenvalue weighted by molar-refractivity contribution is 9.10. The lowest BCUT2D eigenvalue weighted by Gasteiger charge is -2.14. The van der Waals surface area contributed by atoms with Crippen LogP contribution in [0.1, 0.15) is 43.0 Å². The Morgan fingerprint density at radius 2 is 1.74 bits per heavy atom. The van der Waals surface area contributed by atoms with Crippen molar-refractivity contribution in [2.75, 3.05) is 13.2 Å². The molecule has 1 rings (SSSR count). The fraction of sp³-hybridized carbons (Fsp3) is 0.500. The predicted molar refractivity (Wildman–Crippen MR) is 84.5 cm³/mol. The number of hydrogen-bond donors (Lipinski definition) is 0. The SMILES string of the molecule is CCOC(=O)C(F)(F)CCCCCOC(=O)c1ccc(Br)cc1. The van der Waals surface area contributed by atoms with Crippen LogP contribution < -0.4 is 0 Å². The number of halogens is 3. The highest BCUT2D eigenvalue weighted by Crippen LogP contribution is 2.23. The van der Waals surface area contributed by atoms with Crippen molar-refractivity contribution >= 4 is 27.9 Å². The second kappa shape index (κ2) is 9.60. The molecule has 0 heterocycles.